The predicted octanol–water partition coefficient (Wildman–Crippen LogP) is -0.309. The van der Waals surface area contributed by atoms with Crippen LogP contribution in [0.15, 0.2) is 12.7 Å². The smallest absolute Gasteiger partial charge is 0.243 e. The molecule has 18 heavy (non-hydrogen) atoms. The fraction of sp³-hybridized carbons (Fsp3) is 0.727. The van der Waals surface area contributed by atoms with Crippen molar-refractivity contribution in [1.29, 1.82) is 0 Å². The first-order chi connectivity index (χ1) is 8.16. The minimum Gasteiger partial charge on any atom is -0.779 e. The van der Waals surface area contributed by atoms with Crippen LogP contribution in [0.25, 0.3) is 0 Å². The average molecular weight is 278 g/mol. The largest absolute Gasteiger partial charge is 0.779 e. The van der Waals surface area contributed by atoms with Gasteiger partial charge in [0.05, 0.1) is 27.2 Å². The van der Waals surface area contributed by atoms with Crippen molar-refractivity contribution in [2.75, 3.05) is 39.9 Å². The maximum atomic E-state index is 10.9. The fourth-order valence-electron chi connectivity index (χ4n) is 1.60. The third-order valence-corrected chi connectivity index (χ3v) is 3.51. The number of nitrogens with one attached hydrogen (secondary N) is 1. The van der Waals surface area contributed by atoms with Gasteiger partial charge in [0.2, 0.25) is 5.91 Å². The number of amides is 1. The van der Waals surface area contributed by atoms with E-state index < -0.39 is 7.60 Å². The zero-order chi connectivity index (χ0) is 14.2. The Morgan fingerprint density at radius 1 is 1.44 bits per heavy atom. The van der Waals surface area contributed by atoms with E-state index in [4.69, 9.17) is 4.89 Å². The molecule has 1 amide bonds. The van der Waals surface area contributed by atoms with Gasteiger partial charge in [-0.3, -0.25) is 4.79 Å². The van der Waals surface area contributed by atoms with E-state index in [0.717, 1.165) is 13.0 Å². The molecular weight excluding hydrogens is 255 g/mol. The molecule has 2 N–H and O–H groups in total. The monoisotopic (exact) mass is 278 g/mol. The topological polar surface area (TPSA) is 89.5 Å². The van der Waals surface area contributed by atoms with Crippen LogP contribution in [0.4, 0.5) is 0 Å². The highest BCUT2D eigenvalue weighted by atomic mass is 31.2. The Labute approximate surface area is 108 Å². The van der Waals surface area contributed by atoms with E-state index in [9.17, 15) is 14.3 Å². The van der Waals surface area contributed by atoms with Crippen LogP contribution in [0.5, 0.6) is 0 Å². The summed E-state index contributed by atoms with van der Waals surface area (Å²) in [6, 6.07) is 0. The molecule has 0 radical (unpaired) electrons. The van der Waals surface area contributed by atoms with E-state index in [1.165, 1.54) is 6.08 Å². The van der Waals surface area contributed by atoms with Gasteiger partial charge in [-0.05, 0) is 6.08 Å². The number of hydrogen-bond donors (Lipinski definition) is 2. The van der Waals surface area contributed by atoms with Gasteiger partial charge >= 0.3 is 0 Å². The highest BCUT2D eigenvalue weighted by molar-refractivity contribution is 7.50. The summed E-state index contributed by atoms with van der Waals surface area (Å²) in [6.45, 7) is 5.43. The van der Waals surface area contributed by atoms with Crippen LogP contribution >= 0.6 is 7.60 Å². The number of nitrogens with zero attached hydrogens (tertiary/aromatic N) is 1. The molecule has 0 aliphatic carbocycles. The molecule has 0 bridgehead atoms. The summed E-state index contributed by atoms with van der Waals surface area (Å²) < 4.78 is 11.3. The van der Waals surface area contributed by atoms with Crippen molar-refractivity contribution in [3.63, 3.8) is 0 Å². The molecule has 0 heterocycles. The molecule has 0 aliphatic rings. The molecule has 6 nitrogen and oxygen atoms in total. The first kappa shape index (κ1) is 17.3. The van der Waals surface area contributed by atoms with Crippen molar-refractivity contribution >= 4 is 13.5 Å². The molecule has 0 aliphatic heterocycles. The Kier molecular flexibility index (Phi) is 7.40. The number of carbonyl (C=O) groups excluding carboxylic acids is 1. The summed E-state index contributed by atoms with van der Waals surface area (Å²) in [6.07, 6.45) is 2.29. The molecule has 0 aromatic rings. The van der Waals surface area contributed by atoms with Crippen LogP contribution in [0.2, 0.25) is 0 Å². The quantitative estimate of drug-likeness (QED) is 0.262. The number of hydrogen-bond acceptors (Lipinski definition) is 3. The minimum atomic E-state index is -4.13. The van der Waals surface area contributed by atoms with Gasteiger partial charge in [-0.1, -0.05) is 6.58 Å². The zero-order valence-electron chi connectivity index (χ0n) is 11.1. The average Bonchev–Trinajstić information content (AvgIpc) is 2.21. The van der Waals surface area contributed by atoms with Crippen molar-refractivity contribution in [2.24, 2.45) is 0 Å². The van der Waals surface area contributed by atoms with Crippen molar-refractivity contribution in [1.82, 2.24) is 5.32 Å². The van der Waals surface area contributed by atoms with Gasteiger partial charge in [0, 0.05) is 25.5 Å². The Hall–Kier alpha value is -0.680. The van der Waals surface area contributed by atoms with E-state index in [1.807, 2.05) is 14.1 Å². The summed E-state index contributed by atoms with van der Waals surface area (Å²) >= 11 is 0. The fourth-order valence-corrected chi connectivity index (χ4v) is 2.14. The Morgan fingerprint density at radius 3 is 2.50 bits per heavy atom. The SMILES string of the molecule is C=CC(=O)NCCC[N+](C)(C)CCCP(=O)([O-])O. The summed E-state index contributed by atoms with van der Waals surface area (Å²) in [7, 11) is -0.152. The third kappa shape index (κ3) is 10.5. The Morgan fingerprint density at radius 2 is 2.00 bits per heavy atom. The Bertz CT molecular complexity index is 325. The second-order valence-electron chi connectivity index (χ2n) is 4.95. The summed E-state index contributed by atoms with van der Waals surface area (Å²) in [5, 5.41) is 2.68. The number of carbonyl (C=O) groups is 1. The highest BCUT2D eigenvalue weighted by Crippen LogP contribution is 2.29. The van der Waals surface area contributed by atoms with Crippen LogP contribution in [-0.2, 0) is 9.36 Å². The summed E-state index contributed by atoms with van der Waals surface area (Å²) in [4.78, 5) is 30.1. The van der Waals surface area contributed by atoms with Gasteiger partial charge in [0.15, 0.2) is 0 Å². The zero-order valence-corrected chi connectivity index (χ0v) is 12.0. The van der Waals surface area contributed by atoms with Crippen LogP contribution < -0.4 is 10.2 Å². The number of quaternary nitrogens is 1. The van der Waals surface area contributed by atoms with E-state index in [-0.39, 0.29) is 12.1 Å². The van der Waals surface area contributed by atoms with Gasteiger partial charge in [-0.25, -0.2) is 0 Å². The van der Waals surface area contributed by atoms with Crippen LogP contribution in [0.3, 0.4) is 0 Å². The molecule has 0 aromatic carbocycles. The van der Waals surface area contributed by atoms with Crippen molar-refractivity contribution in [3.8, 4) is 0 Å². The molecule has 0 spiro atoms. The lowest BCUT2D eigenvalue weighted by Crippen LogP contribution is -2.42. The molecule has 0 fully saturated rings. The molecule has 0 saturated carbocycles. The molecule has 7 heteroatoms. The Balaban J connectivity index is 3.76. The summed E-state index contributed by atoms with van der Waals surface area (Å²) in [5.74, 6) is -0.187. The van der Waals surface area contributed by atoms with Crippen LogP contribution in [0, 0.1) is 0 Å². The van der Waals surface area contributed by atoms with Crippen LogP contribution in [0.1, 0.15) is 12.8 Å². The second kappa shape index (κ2) is 7.69. The minimum absolute atomic E-state index is 0.179. The van der Waals surface area contributed by atoms with E-state index >= 15 is 0 Å². The molecule has 1 atom stereocenters. The third-order valence-electron chi connectivity index (χ3n) is 2.63. The molecule has 0 aromatic heterocycles. The van der Waals surface area contributed by atoms with Crippen molar-refractivity contribution < 1.29 is 23.6 Å². The lowest BCUT2D eigenvalue weighted by Gasteiger charge is -2.30. The van der Waals surface area contributed by atoms with Gasteiger partial charge in [-0.15, -0.1) is 0 Å². The summed E-state index contributed by atoms with van der Waals surface area (Å²) in [5.41, 5.74) is 0. The molecule has 1 unspecified atom stereocenters. The number of rotatable bonds is 9. The molecular formula is C11H23N2O4P. The molecule has 0 rings (SSSR count). The maximum absolute atomic E-state index is 10.9. The van der Waals surface area contributed by atoms with Gasteiger partial charge in [0.25, 0.3) is 0 Å². The standard InChI is InChI=1S/C11H23N2O4P/c1-4-11(14)12-7-5-8-13(2,3)9-6-10-18(15,16)17/h4H,1,5-10H2,2-3H3,(H2-,12,14,15,16,17). The molecule has 106 valence electrons. The van der Waals surface area contributed by atoms with Gasteiger partial charge in [-0.2, -0.15) is 0 Å². The maximum Gasteiger partial charge on any atom is 0.243 e. The highest BCUT2D eigenvalue weighted by Gasteiger charge is 2.15. The van der Waals surface area contributed by atoms with E-state index in [1.54, 1.807) is 0 Å². The predicted molar refractivity (Wildman–Crippen MR) is 69.0 cm³/mol. The van der Waals surface area contributed by atoms with Crippen LogP contribution in [-0.4, -0.2) is 55.2 Å². The lowest BCUT2D eigenvalue weighted by molar-refractivity contribution is -0.890. The van der Waals surface area contributed by atoms with Crippen molar-refractivity contribution in [2.45, 2.75) is 12.8 Å². The van der Waals surface area contributed by atoms with Gasteiger partial charge in [0.1, 0.15) is 7.60 Å². The van der Waals surface area contributed by atoms with Crippen molar-refractivity contribution in [3.05, 3.63) is 12.7 Å². The molecule has 0 saturated heterocycles. The lowest BCUT2D eigenvalue weighted by atomic mass is 10.3. The van der Waals surface area contributed by atoms with Gasteiger partial charge < -0.3 is 24.2 Å². The first-order valence-corrected chi connectivity index (χ1v) is 7.68. The second-order valence-corrected chi connectivity index (χ2v) is 6.67. The van der Waals surface area contributed by atoms with E-state index in [0.29, 0.717) is 24.0 Å². The normalized spacial score (nSPS) is 14.9. The van der Waals surface area contributed by atoms with E-state index in [2.05, 4.69) is 11.9 Å². The first-order valence-electron chi connectivity index (χ1n) is 5.91.